The molecule has 1 aliphatic rings. The van der Waals surface area contributed by atoms with Crippen LogP contribution in [0.4, 0.5) is 0 Å². The van der Waals surface area contributed by atoms with Gasteiger partial charge in [0.25, 0.3) is 0 Å². The maximum atomic E-state index is 11.8. The van der Waals surface area contributed by atoms with Crippen molar-refractivity contribution >= 4 is 17.8 Å². The molecule has 2 amide bonds. The van der Waals surface area contributed by atoms with Crippen LogP contribution in [0.15, 0.2) is 0 Å². The van der Waals surface area contributed by atoms with E-state index in [1.807, 2.05) is 13.8 Å². The number of carbonyl (C=O) groups is 3. The minimum atomic E-state index is -0.317. The quantitative estimate of drug-likeness (QED) is 0.546. The summed E-state index contributed by atoms with van der Waals surface area (Å²) in [4.78, 5) is 35.7. The van der Waals surface area contributed by atoms with Crippen LogP contribution in [0, 0.1) is 5.41 Å². The zero-order valence-corrected chi connectivity index (χ0v) is 10.6. The van der Waals surface area contributed by atoms with Crippen molar-refractivity contribution in [2.24, 2.45) is 5.41 Å². The molecule has 5 heteroatoms. The first-order chi connectivity index (χ1) is 7.85. The van der Waals surface area contributed by atoms with E-state index in [0.717, 1.165) is 0 Å². The van der Waals surface area contributed by atoms with Gasteiger partial charge in [0.15, 0.2) is 0 Å². The summed E-state index contributed by atoms with van der Waals surface area (Å²) in [5.41, 5.74) is -0.243. The largest absolute Gasteiger partial charge is 0.469 e. The summed E-state index contributed by atoms with van der Waals surface area (Å²) in [6.45, 7) is 4.13. The lowest BCUT2D eigenvalue weighted by molar-refractivity contribution is -0.153. The lowest BCUT2D eigenvalue weighted by atomic mass is 9.82. The fourth-order valence-corrected chi connectivity index (χ4v) is 1.94. The Hall–Kier alpha value is -1.39. The molecule has 0 unspecified atom stereocenters. The third-order valence-corrected chi connectivity index (χ3v) is 2.85. The molecule has 1 aliphatic heterocycles. The van der Waals surface area contributed by atoms with Crippen LogP contribution in [-0.2, 0) is 19.1 Å². The van der Waals surface area contributed by atoms with Crippen LogP contribution in [0.5, 0.6) is 0 Å². The van der Waals surface area contributed by atoms with Crippen molar-refractivity contribution in [3.05, 3.63) is 0 Å². The number of imide groups is 1. The molecule has 0 bridgehead atoms. The first kappa shape index (κ1) is 13.7. The molecule has 0 aromatic heterocycles. The van der Waals surface area contributed by atoms with Crippen LogP contribution >= 0.6 is 0 Å². The Bertz CT molecular complexity index is 315. The molecule has 0 saturated carbocycles. The Labute approximate surface area is 101 Å². The van der Waals surface area contributed by atoms with Crippen LogP contribution in [-0.4, -0.2) is 36.3 Å². The third kappa shape index (κ3) is 3.84. The summed E-state index contributed by atoms with van der Waals surface area (Å²) in [5.74, 6) is -0.602. The molecular weight excluding hydrogens is 222 g/mol. The number of likely N-dealkylation sites (tertiary alicyclic amines) is 1. The van der Waals surface area contributed by atoms with Gasteiger partial charge in [-0.1, -0.05) is 13.8 Å². The van der Waals surface area contributed by atoms with Crippen molar-refractivity contribution in [3.63, 3.8) is 0 Å². The maximum absolute atomic E-state index is 11.8. The normalized spacial score (nSPS) is 19.4. The average molecular weight is 241 g/mol. The predicted molar refractivity (Wildman–Crippen MR) is 61.0 cm³/mol. The molecule has 5 nitrogen and oxygen atoms in total. The fourth-order valence-electron chi connectivity index (χ4n) is 1.94. The molecule has 96 valence electrons. The predicted octanol–water partition coefficient (Wildman–Crippen LogP) is 1.11. The number of hydrogen-bond donors (Lipinski definition) is 0. The summed E-state index contributed by atoms with van der Waals surface area (Å²) >= 11 is 0. The Morgan fingerprint density at radius 2 is 1.82 bits per heavy atom. The number of amides is 2. The lowest BCUT2D eigenvalue weighted by Crippen LogP contribution is -2.46. The Kier molecular flexibility index (Phi) is 4.26. The van der Waals surface area contributed by atoms with E-state index in [9.17, 15) is 14.4 Å². The van der Waals surface area contributed by atoms with Crippen LogP contribution < -0.4 is 0 Å². The first-order valence-corrected chi connectivity index (χ1v) is 5.76. The lowest BCUT2D eigenvalue weighted by Gasteiger charge is -2.34. The van der Waals surface area contributed by atoms with Gasteiger partial charge in [0, 0.05) is 25.8 Å². The molecule has 1 fully saturated rings. The Balaban J connectivity index is 2.46. The SMILES string of the molecule is COC(=O)CCCN1C(=O)CC(C)(C)CC1=O. The highest BCUT2D eigenvalue weighted by molar-refractivity contribution is 5.98. The number of carbonyl (C=O) groups excluding carboxylic acids is 3. The summed E-state index contributed by atoms with van der Waals surface area (Å²) in [6.07, 6.45) is 1.47. The van der Waals surface area contributed by atoms with Crippen molar-refractivity contribution in [1.82, 2.24) is 4.90 Å². The number of methoxy groups -OCH3 is 1. The monoisotopic (exact) mass is 241 g/mol. The van der Waals surface area contributed by atoms with Crippen LogP contribution in [0.25, 0.3) is 0 Å². The van der Waals surface area contributed by atoms with E-state index in [2.05, 4.69) is 4.74 Å². The van der Waals surface area contributed by atoms with E-state index in [0.29, 0.717) is 25.8 Å². The van der Waals surface area contributed by atoms with Crippen molar-refractivity contribution in [3.8, 4) is 0 Å². The molecule has 0 aliphatic carbocycles. The van der Waals surface area contributed by atoms with Gasteiger partial charge in [-0.25, -0.2) is 0 Å². The van der Waals surface area contributed by atoms with Crippen molar-refractivity contribution in [2.45, 2.75) is 39.5 Å². The van der Waals surface area contributed by atoms with E-state index >= 15 is 0 Å². The molecule has 0 aromatic carbocycles. The van der Waals surface area contributed by atoms with Gasteiger partial charge in [-0.15, -0.1) is 0 Å². The minimum Gasteiger partial charge on any atom is -0.469 e. The summed E-state index contributed by atoms with van der Waals surface area (Å²) in [7, 11) is 1.32. The number of hydrogen-bond acceptors (Lipinski definition) is 4. The van der Waals surface area contributed by atoms with E-state index < -0.39 is 0 Å². The maximum Gasteiger partial charge on any atom is 0.305 e. The first-order valence-electron chi connectivity index (χ1n) is 5.76. The fraction of sp³-hybridized carbons (Fsp3) is 0.750. The summed E-state index contributed by atoms with van der Waals surface area (Å²) in [6, 6.07) is 0. The number of piperidine rings is 1. The number of ether oxygens (including phenoxy) is 1. The van der Waals surface area contributed by atoms with Gasteiger partial charge < -0.3 is 4.74 Å². The molecule has 1 rings (SSSR count). The third-order valence-electron chi connectivity index (χ3n) is 2.85. The van der Waals surface area contributed by atoms with Crippen molar-refractivity contribution in [2.75, 3.05) is 13.7 Å². The van der Waals surface area contributed by atoms with Crippen molar-refractivity contribution < 1.29 is 19.1 Å². The summed E-state index contributed by atoms with van der Waals surface area (Å²) < 4.78 is 4.50. The molecule has 1 heterocycles. The average Bonchev–Trinajstić information content (AvgIpc) is 2.20. The van der Waals surface area contributed by atoms with Gasteiger partial charge in [0.2, 0.25) is 11.8 Å². The van der Waals surface area contributed by atoms with Gasteiger partial charge in [0.1, 0.15) is 0 Å². The van der Waals surface area contributed by atoms with Gasteiger partial charge >= 0.3 is 5.97 Å². The van der Waals surface area contributed by atoms with Gasteiger partial charge in [-0.05, 0) is 11.8 Å². The van der Waals surface area contributed by atoms with Gasteiger partial charge in [-0.2, -0.15) is 0 Å². The van der Waals surface area contributed by atoms with Crippen LogP contribution in [0.2, 0.25) is 0 Å². The van der Waals surface area contributed by atoms with Gasteiger partial charge in [0.05, 0.1) is 7.11 Å². The number of nitrogens with zero attached hydrogens (tertiary/aromatic N) is 1. The standard InChI is InChI=1S/C12H19NO4/c1-12(2)7-9(14)13(10(15)8-12)6-4-5-11(16)17-3/h4-8H2,1-3H3. The number of esters is 1. The molecule has 0 radical (unpaired) electrons. The van der Waals surface area contributed by atoms with E-state index in [1.165, 1.54) is 12.0 Å². The van der Waals surface area contributed by atoms with Crippen LogP contribution in [0.1, 0.15) is 39.5 Å². The molecule has 0 aromatic rings. The highest BCUT2D eigenvalue weighted by Gasteiger charge is 2.36. The highest BCUT2D eigenvalue weighted by Crippen LogP contribution is 2.31. The van der Waals surface area contributed by atoms with E-state index in [4.69, 9.17) is 0 Å². The highest BCUT2D eigenvalue weighted by atomic mass is 16.5. The number of rotatable bonds is 4. The molecule has 0 spiro atoms. The molecule has 0 atom stereocenters. The smallest absolute Gasteiger partial charge is 0.305 e. The minimum absolute atomic E-state index is 0.142. The molecule has 1 saturated heterocycles. The summed E-state index contributed by atoms with van der Waals surface area (Å²) in [5, 5.41) is 0. The Morgan fingerprint density at radius 1 is 1.29 bits per heavy atom. The molecular formula is C12H19NO4. The second-order valence-electron chi connectivity index (χ2n) is 5.14. The molecule has 0 N–H and O–H groups in total. The zero-order valence-electron chi connectivity index (χ0n) is 10.6. The van der Waals surface area contributed by atoms with E-state index in [1.54, 1.807) is 0 Å². The van der Waals surface area contributed by atoms with E-state index in [-0.39, 0.29) is 29.6 Å². The van der Waals surface area contributed by atoms with Gasteiger partial charge in [-0.3, -0.25) is 19.3 Å². The zero-order chi connectivity index (χ0) is 13.1. The Morgan fingerprint density at radius 3 is 2.29 bits per heavy atom. The van der Waals surface area contributed by atoms with Crippen LogP contribution in [0.3, 0.4) is 0 Å². The second kappa shape index (κ2) is 5.29. The second-order valence-corrected chi connectivity index (χ2v) is 5.14. The topological polar surface area (TPSA) is 63.7 Å². The van der Waals surface area contributed by atoms with Crippen molar-refractivity contribution in [1.29, 1.82) is 0 Å². The molecule has 17 heavy (non-hydrogen) atoms.